The summed E-state index contributed by atoms with van der Waals surface area (Å²) in [5.41, 5.74) is 3.91. The first-order valence-electron chi connectivity index (χ1n) is 9.48. The van der Waals surface area contributed by atoms with Crippen molar-refractivity contribution in [2.75, 3.05) is 13.7 Å². The lowest BCUT2D eigenvalue weighted by Crippen LogP contribution is -2.31. The molecule has 1 fully saturated rings. The molecular weight excluding hydrogens is 352 g/mol. The third kappa shape index (κ3) is 4.25. The van der Waals surface area contributed by atoms with Gasteiger partial charge in [-0.3, -0.25) is 9.59 Å². The second kappa shape index (κ2) is 8.74. The highest BCUT2D eigenvalue weighted by Crippen LogP contribution is 2.36. The molecule has 0 saturated carbocycles. The van der Waals surface area contributed by atoms with E-state index in [4.69, 9.17) is 4.74 Å². The van der Waals surface area contributed by atoms with Gasteiger partial charge < -0.3 is 15.0 Å². The second-order valence-electron chi connectivity index (χ2n) is 7.00. The summed E-state index contributed by atoms with van der Waals surface area (Å²) in [6.07, 6.45) is 3.18. The fraction of sp³-hybridized carbons (Fsp3) is 0.304. The SMILES string of the molecule is C=CC(=O)NCc1ccc(C(=O)N2CCCC2c2cc(OC)ccc2C)cc1. The Hall–Kier alpha value is -3.08. The van der Waals surface area contributed by atoms with Gasteiger partial charge in [0.05, 0.1) is 13.2 Å². The Labute approximate surface area is 166 Å². The van der Waals surface area contributed by atoms with Crippen molar-refractivity contribution in [2.45, 2.75) is 32.4 Å². The molecule has 1 saturated heterocycles. The van der Waals surface area contributed by atoms with Gasteiger partial charge in [0.1, 0.15) is 5.75 Å². The summed E-state index contributed by atoms with van der Waals surface area (Å²) >= 11 is 0. The van der Waals surface area contributed by atoms with Crippen molar-refractivity contribution in [1.82, 2.24) is 10.2 Å². The van der Waals surface area contributed by atoms with Crippen molar-refractivity contribution < 1.29 is 14.3 Å². The van der Waals surface area contributed by atoms with Crippen molar-refractivity contribution in [3.05, 3.63) is 77.4 Å². The average molecular weight is 378 g/mol. The molecule has 2 amide bonds. The molecule has 3 rings (SSSR count). The van der Waals surface area contributed by atoms with E-state index in [1.807, 2.05) is 47.4 Å². The molecule has 1 unspecified atom stereocenters. The molecule has 28 heavy (non-hydrogen) atoms. The summed E-state index contributed by atoms with van der Waals surface area (Å²) < 4.78 is 5.37. The zero-order valence-electron chi connectivity index (χ0n) is 16.4. The highest BCUT2D eigenvalue weighted by atomic mass is 16.5. The van der Waals surface area contributed by atoms with E-state index < -0.39 is 0 Å². The number of aryl methyl sites for hydroxylation is 1. The van der Waals surface area contributed by atoms with Crippen LogP contribution in [0, 0.1) is 6.92 Å². The van der Waals surface area contributed by atoms with Gasteiger partial charge in [-0.15, -0.1) is 0 Å². The van der Waals surface area contributed by atoms with Gasteiger partial charge in [-0.2, -0.15) is 0 Å². The van der Waals surface area contributed by atoms with E-state index in [1.54, 1.807) is 7.11 Å². The normalized spacial score (nSPS) is 15.9. The molecule has 2 aromatic carbocycles. The van der Waals surface area contributed by atoms with Crippen LogP contribution in [0.25, 0.3) is 0 Å². The summed E-state index contributed by atoms with van der Waals surface area (Å²) in [4.78, 5) is 26.4. The van der Waals surface area contributed by atoms with Crippen LogP contribution in [0.2, 0.25) is 0 Å². The Bertz CT molecular complexity index is 874. The topological polar surface area (TPSA) is 58.6 Å². The number of hydrogen-bond donors (Lipinski definition) is 1. The van der Waals surface area contributed by atoms with Crippen molar-refractivity contribution in [1.29, 1.82) is 0 Å². The molecule has 0 radical (unpaired) electrons. The van der Waals surface area contributed by atoms with Crippen LogP contribution in [0.4, 0.5) is 0 Å². The molecule has 146 valence electrons. The maximum atomic E-state index is 13.1. The number of rotatable bonds is 6. The molecule has 0 aliphatic carbocycles. The van der Waals surface area contributed by atoms with Gasteiger partial charge in [0.15, 0.2) is 0 Å². The van der Waals surface area contributed by atoms with Gasteiger partial charge in [-0.05, 0) is 66.8 Å². The fourth-order valence-corrected chi connectivity index (χ4v) is 3.63. The second-order valence-corrected chi connectivity index (χ2v) is 7.00. The van der Waals surface area contributed by atoms with Crippen molar-refractivity contribution in [3.63, 3.8) is 0 Å². The van der Waals surface area contributed by atoms with Crippen LogP contribution >= 0.6 is 0 Å². The van der Waals surface area contributed by atoms with Crippen LogP contribution in [0.1, 0.15) is 45.9 Å². The number of nitrogens with one attached hydrogen (secondary N) is 1. The zero-order valence-corrected chi connectivity index (χ0v) is 16.4. The third-order valence-electron chi connectivity index (χ3n) is 5.21. The van der Waals surface area contributed by atoms with Crippen molar-refractivity contribution in [2.24, 2.45) is 0 Å². The minimum Gasteiger partial charge on any atom is -0.497 e. The van der Waals surface area contributed by atoms with Crippen molar-refractivity contribution in [3.8, 4) is 5.75 Å². The highest BCUT2D eigenvalue weighted by molar-refractivity contribution is 5.94. The summed E-state index contributed by atoms with van der Waals surface area (Å²) in [7, 11) is 1.66. The van der Waals surface area contributed by atoms with Crippen molar-refractivity contribution >= 4 is 11.8 Å². The van der Waals surface area contributed by atoms with Gasteiger partial charge in [0, 0.05) is 18.7 Å². The number of amides is 2. The quantitative estimate of drug-likeness (QED) is 0.778. The van der Waals surface area contributed by atoms with Crippen LogP contribution in [0.15, 0.2) is 55.1 Å². The molecule has 1 aliphatic rings. The lowest BCUT2D eigenvalue weighted by molar-refractivity contribution is -0.116. The van der Waals surface area contributed by atoms with E-state index in [0.29, 0.717) is 12.1 Å². The Morgan fingerprint density at radius 2 is 2.00 bits per heavy atom. The van der Waals surface area contributed by atoms with E-state index in [-0.39, 0.29) is 17.9 Å². The summed E-state index contributed by atoms with van der Waals surface area (Å²) in [5, 5.41) is 2.73. The zero-order chi connectivity index (χ0) is 20.1. The molecule has 0 aromatic heterocycles. The summed E-state index contributed by atoms with van der Waals surface area (Å²) in [5.74, 6) is 0.631. The number of nitrogens with zero attached hydrogens (tertiary/aromatic N) is 1. The molecule has 1 heterocycles. The number of carbonyl (C=O) groups is 2. The van der Waals surface area contributed by atoms with Gasteiger partial charge >= 0.3 is 0 Å². The molecule has 0 spiro atoms. The van der Waals surface area contributed by atoms with Gasteiger partial charge in [0.25, 0.3) is 5.91 Å². The third-order valence-corrected chi connectivity index (χ3v) is 5.21. The Balaban J connectivity index is 1.76. The molecular formula is C23H26N2O3. The minimum atomic E-state index is -0.214. The van der Waals surface area contributed by atoms with Crippen LogP contribution in [-0.2, 0) is 11.3 Å². The van der Waals surface area contributed by atoms with Gasteiger partial charge in [-0.1, -0.05) is 24.8 Å². The summed E-state index contributed by atoms with van der Waals surface area (Å²) in [6.45, 7) is 6.66. The molecule has 1 atom stereocenters. The average Bonchev–Trinajstić information content (AvgIpc) is 3.21. The largest absolute Gasteiger partial charge is 0.497 e. The lowest BCUT2D eigenvalue weighted by atomic mass is 9.98. The molecule has 1 N–H and O–H groups in total. The van der Waals surface area contributed by atoms with Crippen LogP contribution < -0.4 is 10.1 Å². The first-order valence-corrected chi connectivity index (χ1v) is 9.48. The number of hydrogen-bond acceptors (Lipinski definition) is 3. The van der Waals surface area contributed by atoms with Gasteiger partial charge in [-0.25, -0.2) is 0 Å². The minimum absolute atomic E-state index is 0.0337. The maximum Gasteiger partial charge on any atom is 0.254 e. The maximum absolute atomic E-state index is 13.1. The Morgan fingerprint density at radius 1 is 1.25 bits per heavy atom. The van der Waals surface area contributed by atoms with E-state index in [2.05, 4.69) is 18.8 Å². The first kappa shape index (κ1) is 19.7. The number of likely N-dealkylation sites (tertiary alicyclic amines) is 1. The number of methoxy groups -OCH3 is 1. The number of carbonyl (C=O) groups excluding carboxylic acids is 2. The molecule has 1 aliphatic heterocycles. The molecule has 0 bridgehead atoms. The molecule has 5 heteroatoms. The Kier molecular flexibility index (Phi) is 6.14. The van der Waals surface area contributed by atoms with E-state index in [0.717, 1.165) is 36.3 Å². The number of ether oxygens (including phenoxy) is 1. The Morgan fingerprint density at radius 3 is 2.68 bits per heavy atom. The summed E-state index contributed by atoms with van der Waals surface area (Å²) in [6, 6.07) is 13.5. The highest BCUT2D eigenvalue weighted by Gasteiger charge is 2.31. The standard InChI is InChI=1S/C23H26N2O3/c1-4-22(26)24-15-17-8-10-18(11-9-17)23(27)25-13-5-6-21(25)20-14-19(28-3)12-7-16(20)2/h4,7-12,14,21H,1,5-6,13,15H2,2-3H3,(H,24,26). The molecule has 2 aromatic rings. The smallest absolute Gasteiger partial charge is 0.254 e. The van der Waals surface area contributed by atoms with Crippen LogP contribution in [0.3, 0.4) is 0 Å². The lowest BCUT2D eigenvalue weighted by Gasteiger charge is -2.27. The van der Waals surface area contributed by atoms with Crippen LogP contribution in [0.5, 0.6) is 5.75 Å². The van der Waals surface area contributed by atoms with E-state index in [1.165, 1.54) is 11.6 Å². The van der Waals surface area contributed by atoms with E-state index in [9.17, 15) is 9.59 Å². The van der Waals surface area contributed by atoms with Gasteiger partial charge in [0.2, 0.25) is 5.91 Å². The molecule has 5 nitrogen and oxygen atoms in total. The predicted molar refractivity (Wildman–Crippen MR) is 109 cm³/mol. The van der Waals surface area contributed by atoms with E-state index >= 15 is 0 Å². The van der Waals surface area contributed by atoms with Crippen LogP contribution in [-0.4, -0.2) is 30.4 Å². The number of benzene rings is 2. The fourth-order valence-electron chi connectivity index (χ4n) is 3.63. The monoisotopic (exact) mass is 378 g/mol. The predicted octanol–water partition coefficient (Wildman–Crippen LogP) is 3.78. The first-order chi connectivity index (χ1) is 13.5.